The molecule has 96 valence electrons. The Balaban J connectivity index is 2.79. The molecule has 0 bridgehead atoms. The second-order valence-electron chi connectivity index (χ2n) is 4.74. The van der Waals surface area contributed by atoms with Crippen molar-refractivity contribution < 1.29 is 8.42 Å². The van der Waals surface area contributed by atoms with E-state index in [2.05, 4.69) is 12.2 Å². The fraction of sp³-hybridized carbons (Fsp3) is 1.00. The Bertz CT molecular complexity index is 300. The first kappa shape index (κ1) is 14.0. The molecule has 1 fully saturated rings. The molecule has 0 heterocycles. The molecular weight excluding hydrogens is 222 g/mol. The van der Waals surface area contributed by atoms with Crippen LogP contribution >= 0.6 is 0 Å². The zero-order chi connectivity index (χ0) is 12.2. The van der Waals surface area contributed by atoms with Crippen molar-refractivity contribution in [2.24, 2.45) is 5.92 Å². The van der Waals surface area contributed by atoms with Gasteiger partial charge in [0, 0.05) is 11.8 Å². The Morgan fingerprint density at radius 3 is 2.38 bits per heavy atom. The van der Waals surface area contributed by atoms with Crippen molar-refractivity contribution in [1.82, 2.24) is 5.32 Å². The van der Waals surface area contributed by atoms with Crippen LogP contribution in [0.25, 0.3) is 0 Å². The zero-order valence-electron chi connectivity index (χ0n) is 10.7. The molecule has 1 N–H and O–H groups in total. The van der Waals surface area contributed by atoms with Crippen LogP contribution in [-0.2, 0) is 9.84 Å². The molecule has 4 heteroatoms. The summed E-state index contributed by atoms with van der Waals surface area (Å²) in [6.07, 6.45) is 4.14. The fourth-order valence-electron chi connectivity index (χ4n) is 2.69. The van der Waals surface area contributed by atoms with Gasteiger partial charge in [-0.05, 0) is 31.7 Å². The van der Waals surface area contributed by atoms with Crippen LogP contribution in [0.1, 0.15) is 46.5 Å². The molecule has 0 saturated heterocycles. The summed E-state index contributed by atoms with van der Waals surface area (Å²) in [5.74, 6) is 0.872. The fourth-order valence-corrected chi connectivity index (χ4v) is 4.42. The molecule has 0 amide bonds. The summed E-state index contributed by atoms with van der Waals surface area (Å²) in [4.78, 5) is 0. The highest BCUT2D eigenvalue weighted by Crippen LogP contribution is 2.31. The van der Waals surface area contributed by atoms with Crippen molar-refractivity contribution in [1.29, 1.82) is 0 Å². The molecule has 3 nitrogen and oxygen atoms in total. The van der Waals surface area contributed by atoms with Crippen LogP contribution in [0, 0.1) is 5.92 Å². The predicted molar refractivity (Wildman–Crippen MR) is 68.3 cm³/mol. The molecule has 1 saturated carbocycles. The minimum absolute atomic E-state index is 0.156. The Labute approximate surface area is 99.9 Å². The predicted octanol–water partition coefficient (Wildman–Crippen LogP) is 1.98. The van der Waals surface area contributed by atoms with Gasteiger partial charge in [0.05, 0.1) is 5.25 Å². The Kier molecular flexibility index (Phi) is 5.25. The summed E-state index contributed by atoms with van der Waals surface area (Å²) >= 11 is 0. The smallest absolute Gasteiger partial charge is 0.154 e. The van der Waals surface area contributed by atoms with Crippen LogP contribution in [0.15, 0.2) is 0 Å². The first-order valence-corrected chi connectivity index (χ1v) is 8.21. The van der Waals surface area contributed by atoms with Crippen molar-refractivity contribution in [3.05, 3.63) is 0 Å². The molecular formula is C12H25NO2S. The van der Waals surface area contributed by atoms with Crippen molar-refractivity contribution in [2.75, 3.05) is 12.3 Å². The molecule has 0 aliphatic heterocycles. The number of nitrogens with one attached hydrogen (secondary N) is 1. The van der Waals surface area contributed by atoms with E-state index in [1.54, 1.807) is 6.92 Å². The lowest BCUT2D eigenvalue weighted by atomic mass is 9.84. The summed E-state index contributed by atoms with van der Waals surface area (Å²) in [5.41, 5.74) is 0. The zero-order valence-corrected chi connectivity index (χ0v) is 11.5. The summed E-state index contributed by atoms with van der Waals surface area (Å²) < 4.78 is 24.1. The lowest BCUT2D eigenvalue weighted by Gasteiger charge is -2.35. The molecule has 3 unspecified atom stereocenters. The third kappa shape index (κ3) is 3.20. The van der Waals surface area contributed by atoms with Gasteiger partial charge in [-0.25, -0.2) is 8.42 Å². The van der Waals surface area contributed by atoms with Gasteiger partial charge in [-0.2, -0.15) is 0 Å². The van der Waals surface area contributed by atoms with Crippen LogP contribution in [0.5, 0.6) is 0 Å². The average molecular weight is 247 g/mol. The largest absolute Gasteiger partial charge is 0.313 e. The van der Waals surface area contributed by atoms with Gasteiger partial charge in [0.2, 0.25) is 0 Å². The maximum Gasteiger partial charge on any atom is 0.154 e. The monoisotopic (exact) mass is 247 g/mol. The summed E-state index contributed by atoms with van der Waals surface area (Å²) in [7, 11) is -2.90. The second-order valence-corrected chi connectivity index (χ2v) is 7.25. The molecule has 0 radical (unpaired) electrons. The molecule has 3 atom stereocenters. The third-order valence-corrected chi connectivity index (χ3v) is 6.06. The van der Waals surface area contributed by atoms with E-state index in [0.717, 1.165) is 25.8 Å². The molecule has 1 rings (SSSR count). The van der Waals surface area contributed by atoms with Gasteiger partial charge in [0.15, 0.2) is 9.84 Å². The van der Waals surface area contributed by atoms with E-state index in [4.69, 9.17) is 0 Å². The van der Waals surface area contributed by atoms with E-state index in [-0.39, 0.29) is 17.0 Å². The first-order chi connectivity index (χ1) is 7.55. The SMILES string of the molecule is CCNC1CCC(CC)CC1S(=O)(=O)CC. The molecule has 1 aliphatic carbocycles. The van der Waals surface area contributed by atoms with Gasteiger partial charge >= 0.3 is 0 Å². The quantitative estimate of drug-likeness (QED) is 0.808. The number of rotatable bonds is 5. The first-order valence-electron chi connectivity index (χ1n) is 6.50. The highest BCUT2D eigenvalue weighted by atomic mass is 32.2. The van der Waals surface area contributed by atoms with E-state index >= 15 is 0 Å². The molecule has 0 aromatic carbocycles. The van der Waals surface area contributed by atoms with E-state index in [9.17, 15) is 8.42 Å². The van der Waals surface area contributed by atoms with Gasteiger partial charge in [0.25, 0.3) is 0 Å². The number of sulfone groups is 1. The van der Waals surface area contributed by atoms with E-state index < -0.39 is 9.84 Å². The summed E-state index contributed by atoms with van der Waals surface area (Å²) in [6.45, 7) is 6.82. The number of hydrogen-bond donors (Lipinski definition) is 1. The van der Waals surface area contributed by atoms with E-state index in [1.807, 2.05) is 6.92 Å². The molecule has 0 aromatic rings. The lowest BCUT2D eigenvalue weighted by molar-refractivity contribution is 0.290. The lowest BCUT2D eigenvalue weighted by Crippen LogP contribution is -2.48. The van der Waals surface area contributed by atoms with Crippen LogP contribution in [0.2, 0.25) is 0 Å². The normalized spacial score (nSPS) is 31.6. The molecule has 0 spiro atoms. The Morgan fingerprint density at radius 1 is 1.19 bits per heavy atom. The Morgan fingerprint density at radius 2 is 1.88 bits per heavy atom. The topological polar surface area (TPSA) is 46.2 Å². The maximum atomic E-state index is 12.1. The maximum absolute atomic E-state index is 12.1. The van der Waals surface area contributed by atoms with Crippen molar-refractivity contribution in [3.8, 4) is 0 Å². The van der Waals surface area contributed by atoms with Crippen molar-refractivity contribution >= 4 is 9.84 Å². The van der Waals surface area contributed by atoms with Crippen molar-refractivity contribution in [3.63, 3.8) is 0 Å². The van der Waals surface area contributed by atoms with Gasteiger partial charge in [-0.3, -0.25) is 0 Å². The van der Waals surface area contributed by atoms with Crippen LogP contribution < -0.4 is 5.32 Å². The van der Waals surface area contributed by atoms with Gasteiger partial charge in [-0.1, -0.05) is 27.2 Å². The van der Waals surface area contributed by atoms with E-state index in [1.165, 1.54) is 6.42 Å². The van der Waals surface area contributed by atoms with Gasteiger partial charge < -0.3 is 5.32 Å². The van der Waals surface area contributed by atoms with Crippen LogP contribution in [0.4, 0.5) is 0 Å². The molecule has 1 aliphatic rings. The Hall–Kier alpha value is -0.0900. The molecule has 16 heavy (non-hydrogen) atoms. The highest BCUT2D eigenvalue weighted by molar-refractivity contribution is 7.92. The second kappa shape index (κ2) is 6.01. The van der Waals surface area contributed by atoms with Crippen LogP contribution in [-0.4, -0.2) is 32.0 Å². The van der Waals surface area contributed by atoms with E-state index in [0.29, 0.717) is 5.92 Å². The van der Waals surface area contributed by atoms with Crippen molar-refractivity contribution in [2.45, 2.75) is 57.7 Å². The summed E-state index contributed by atoms with van der Waals surface area (Å²) in [5, 5.41) is 3.18. The highest BCUT2D eigenvalue weighted by Gasteiger charge is 2.36. The number of hydrogen-bond acceptors (Lipinski definition) is 3. The third-order valence-electron chi connectivity index (χ3n) is 3.81. The standard InChI is InChI=1S/C12H25NO2S/c1-4-10-7-8-11(13-5-2)12(9-10)16(14,15)6-3/h10-13H,4-9H2,1-3H3. The molecule has 0 aromatic heterocycles. The minimum Gasteiger partial charge on any atom is -0.313 e. The van der Waals surface area contributed by atoms with Gasteiger partial charge in [0.1, 0.15) is 0 Å². The van der Waals surface area contributed by atoms with Gasteiger partial charge in [-0.15, -0.1) is 0 Å². The summed E-state index contributed by atoms with van der Waals surface area (Å²) in [6, 6.07) is 0.178. The average Bonchev–Trinajstić information content (AvgIpc) is 2.30. The van der Waals surface area contributed by atoms with Crippen LogP contribution in [0.3, 0.4) is 0 Å². The minimum atomic E-state index is -2.90.